The monoisotopic (exact) mass is 292 g/mol. The minimum absolute atomic E-state index is 0.224. The van der Waals surface area contributed by atoms with Gasteiger partial charge in [0.25, 0.3) is 0 Å². The van der Waals surface area contributed by atoms with Crippen LogP contribution in [0.2, 0.25) is 0 Å². The van der Waals surface area contributed by atoms with Crippen molar-refractivity contribution in [2.45, 2.75) is 43.8 Å². The van der Waals surface area contributed by atoms with Gasteiger partial charge in [0.15, 0.2) is 11.6 Å². The van der Waals surface area contributed by atoms with Crippen LogP contribution in [0, 0.1) is 11.7 Å². The Morgan fingerprint density at radius 2 is 1.95 bits per heavy atom. The van der Waals surface area contributed by atoms with E-state index in [2.05, 4.69) is 17.3 Å². The molecule has 2 heterocycles. The molecule has 2 aliphatic heterocycles. The lowest BCUT2D eigenvalue weighted by Crippen LogP contribution is -2.43. The van der Waals surface area contributed by atoms with Crippen molar-refractivity contribution in [3.8, 4) is 5.75 Å². The molecule has 0 aromatic heterocycles. The average Bonchev–Trinajstić information content (AvgIpc) is 2.70. The summed E-state index contributed by atoms with van der Waals surface area (Å²) in [6.45, 7) is 0. The number of nitrogens with zero attached hydrogens (tertiary/aromatic N) is 1. The van der Waals surface area contributed by atoms with E-state index >= 15 is 0 Å². The number of hydrogen-bond donors (Lipinski definition) is 1. The van der Waals surface area contributed by atoms with Crippen molar-refractivity contribution < 1.29 is 9.13 Å². The number of hydrogen-bond acceptors (Lipinski definition) is 3. The lowest BCUT2D eigenvalue weighted by molar-refractivity contribution is 0.114. The zero-order valence-corrected chi connectivity index (χ0v) is 13.1. The molecule has 0 aliphatic carbocycles. The number of rotatable bonds is 4. The van der Waals surface area contributed by atoms with Gasteiger partial charge in [0.05, 0.1) is 7.11 Å². The van der Waals surface area contributed by atoms with Gasteiger partial charge in [-0.3, -0.25) is 0 Å². The van der Waals surface area contributed by atoms with Crippen molar-refractivity contribution in [1.82, 2.24) is 10.2 Å². The molecule has 21 heavy (non-hydrogen) atoms. The van der Waals surface area contributed by atoms with Gasteiger partial charge in [-0.15, -0.1) is 0 Å². The molecule has 0 radical (unpaired) electrons. The summed E-state index contributed by atoms with van der Waals surface area (Å²) in [4.78, 5) is 2.54. The third-order valence-electron chi connectivity index (χ3n) is 5.45. The number of ether oxygens (including phenoxy) is 1. The lowest BCUT2D eigenvalue weighted by Gasteiger charge is -2.40. The smallest absolute Gasteiger partial charge is 0.165 e. The molecule has 0 spiro atoms. The van der Waals surface area contributed by atoms with E-state index in [1.807, 2.05) is 13.1 Å². The maximum Gasteiger partial charge on any atom is 0.165 e. The summed E-state index contributed by atoms with van der Waals surface area (Å²) < 4.78 is 19.0. The van der Waals surface area contributed by atoms with Crippen LogP contribution >= 0.6 is 0 Å². The highest BCUT2D eigenvalue weighted by Gasteiger charge is 2.41. The summed E-state index contributed by atoms with van der Waals surface area (Å²) in [5.74, 6) is 0.625. The van der Waals surface area contributed by atoms with Crippen LogP contribution < -0.4 is 10.1 Å². The number of fused-ring (bicyclic) bond motifs is 2. The van der Waals surface area contributed by atoms with E-state index in [0.29, 0.717) is 23.8 Å². The van der Waals surface area contributed by atoms with Gasteiger partial charge in [-0.05, 0) is 63.4 Å². The molecular weight excluding hydrogens is 267 g/mol. The number of piperidine rings is 1. The molecule has 4 heteroatoms. The lowest BCUT2D eigenvalue weighted by atomic mass is 9.82. The van der Waals surface area contributed by atoms with E-state index in [0.717, 1.165) is 5.56 Å². The molecule has 2 bridgehead atoms. The third kappa shape index (κ3) is 2.67. The summed E-state index contributed by atoms with van der Waals surface area (Å²) in [6.07, 6.45) is 5.02. The number of halogens is 1. The minimum Gasteiger partial charge on any atom is -0.494 e. The van der Waals surface area contributed by atoms with Gasteiger partial charge >= 0.3 is 0 Å². The predicted molar refractivity (Wildman–Crippen MR) is 82.0 cm³/mol. The highest BCUT2D eigenvalue weighted by Crippen LogP contribution is 2.42. The average molecular weight is 292 g/mol. The normalized spacial score (nSPS) is 30.4. The van der Waals surface area contributed by atoms with Gasteiger partial charge in [0, 0.05) is 18.1 Å². The van der Waals surface area contributed by atoms with E-state index in [1.165, 1.54) is 32.8 Å². The van der Waals surface area contributed by atoms with Crippen molar-refractivity contribution in [1.29, 1.82) is 0 Å². The van der Waals surface area contributed by atoms with Crippen LogP contribution in [-0.2, 0) is 0 Å². The first kappa shape index (κ1) is 14.8. The highest BCUT2D eigenvalue weighted by atomic mass is 19.1. The van der Waals surface area contributed by atoms with E-state index in [4.69, 9.17) is 4.74 Å². The maximum absolute atomic E-state index is 14.0. The van der Waals surface area contributed by atoms with Crippen LogP contribution in [-0.4, -0.2) is 38.2 Å². The molecule has 3 nitrogen and oxygen atoms in total. The van der Waals surface area contributed by atoms with Gasteiger partial charge < -0.3 is 15.0 Å². The van der Waals surface area contributed by atoms with Crippen LogP contribution in [0.1, 0.15) is 37.3 Å². The van der Waals surface area contributed by atoms with Gasteiger partial charge in [0.2, 0.25) is 0 Å². The van der Waals surface area contributed by atoms with Crippen molar-refractivity contribution in [2.75, 3.05) is 21.2 Å². The van der Waals surface area contributed by atoms with Crippen LogP contribution in [0.4, 0.5) is 4.39 Å². The Morgan fingerprint density at radius 3 is 2.48 bits per heavy atom. The SMILES string of the molecule is CNC(c1ccc(OC)c(F)c1)C1CC2CCC(C1)N2C. The molecule has 2 saturated heterocycles. The van der Waals surface area contributed by atoms with Crippen molar-refractivity contribution in [3.05, 3.63) is 29.6 Å². The largest absolute Gasteiger partial charge is 0.494 e. The summed E-state index contributed by atoms with van der Waals surface area (Å²) >= 11 is 0. The fourth-order valence-electron chi connectivity index (χ4n) is 4.28. The first-order valence-electron chi connectivity index (χ1n) is 7.86. The number of methoxy groups -OCH3 is 1. The molecule has 2 aliphatic rings. The second-order valence-corrected chi connectivity index (χ2v) is 6.44. The fourth-order valence-corrected chi connectivity index (χ4v) is 4.28. The van der Waals surface area contributed by atoms with Crippen LogP contribution in [0.3, 0.4) is 0 Å². The summed E-state index contributed by atoms with van der Waals surface area (Å²) in [5.41, 5.74) is 1.03. The van der Waals surface area contributed by atoms with Gasteiger partial charge in [-0.25, -0.2) is 4.39 Å². The summed E-state index contributed by atoms with van der Waals surface area (Å²) in [5, 5.41) is 3.41. The second kappa shape index (κ2) is 5.93. The Kier molecular flexibility index (Phi) is 4.18. The van der Waals surface area contributed by atoms with Gasteiger partial charge in [0.1, 0.15) is 0 Å². The fraction of sp³-hybridized carbons (Fsp3) is 0.647. The molecule has 1 aromatic rings. The molecule has 3 unspecified atom stereocenters. The zero-order valence-electron chi connectivity index (χ0n) is 13.1. The van der Waals surface area contributed by atoms with Gasteiger partial charge in [-0.2, -0.15) is 0 Å². The minimum atomic E-state index is -0.272. The summed E-state index contributed by atoms with van der Waals surface area (Å²) in [7, 11) is 5.73. The van der Waals surface area contributed by atoms with E-state index in [9.17, 15) is 4.39 Å². The van der Waals surface area contributed by atoms with Crippen LogP contribution in [0.5, 0.6) is 5.75 Å². The van der Waals surface area contributed by atoms with Gasteiger partial charge in [-0.1, -0.05) is 6.07 Å². The molecular formula is C17H25FN2O. The Hall–Kier alpha value is -1.13. The standard InChI is InChI=1S/C17H25FN2O/c1-19-17(11-4-7-16(21-3)15(18)10-11)12-8-13-5-6-14(9-12)20(13)2/h4,7,10,12-14,17,19H,5-6,8-9H2,1-3H3. The third-order valence-corrected chi connectivity index (χ3v) is 5.45. The maximum atomic E-state index is 14.0. The first-order valence-corrected chi connectivity index (χ1v) is 7.86. The van der Waals surface area contributed by atoms with Crippen LogP contribution in [0.15, 0.2) is 18.2 Å². The van der Waals surface area contributed by atoms with Crippen molar-refractivity contribution in [2.24, 2.45) is 5.92 Å². The quantitative estimate of drug-likeness (QED) is 0.923. The Morgan fingerprint density at radius 1 is 1.29 bits per heavy atom. The molecule has 3 atom stereocenters. The molecule has 1 N–H and O–H groups in total. The second-order valence-electron chi connectivity index (χ2n) is 6.44. The highest BCUT2D eigenvalue weighted by molar-refractivity contribution is 5.31. The molecule has 3 rings (SSSR count). The molecule has 116 valence electrons. The van der Waals surface area contributed by atoms with E-state index in [-0.39, 0.29) is 11.9 Å². The topological polar surface area (TPSA) is 24.5 Å². The van der Waals surface area contributed by atoms with E-state index < -0.39 is 0 Å². The predicted octanol–water partition coefficient (Wildman–Crippen LogP) is 2.97. The van der Waals surface area contributed by atoms with Crippen molar-refractivity contribution in [3.63, 3.8) is 0 Å². The first-order chi connectivity index (χ1) is 10.1. The Labute approximate surface area is 126 Å². The number of benzene rings is 1. The van der Waals surface area contributed by atoms with E-state index in [1.54, 1.807) is 12.1 Å². The molecule has 0 saturated carbocycles. The summed E-state index contributed by atoms with van der Waals surface area (Å²) in [6, 6.07) is 6.98. The zero-order chi connectivity index (χ0) is 15.0. The molecule has 2 fully saturated rings. The molecule has 1 aromatic carbocycles. The van der Waals surface area contributed by atoms with Crippen molar-refractivity contribution >= 4 is 0 Å². The number of nitrogens with one attached hydrogen (secondary N) is 1. The van der Waals surface area contributed by atoms with Crippen LogP contribution in [0.25, 0.3) is 0 Å². The molecule has 0 amide bonds. The Bertz CT molecular complexity index is 494. The Balaban J connectivity index is 1.81.